The van der Waals surface area contributed by atoms with E-state index in [9.17, 15) is 22.8 Å². The lowest BCUT2D eigenvalue weighted by atomic mass is 10.1. The van der Waals surface area contributed by atoms with Crippen LogP contribution in [0.5, 0.6) is 0 Å². The molecule has 1 heterocycles. The van der Waals surface area contributed by atoms with Crippen molar-refractivity contribution in [3.8, 4) is 0 Å². The molecule has 0 spiro atoms. The molecule has 0 aromatic heterocycles. The smallest absolute Gasteiger partial charge is 0.416 e. The minimum atomic E-state index is -4.53. The lowest BCUT2D eigenvalue weighted by Crippen LogP contribution is -2.30. The summed E-state index contributed by atoms with van der Waals surface area (Å²) < 4.78 is 38.3. The predicted octanol–water partition coefficient (Wildman–Crippen LogP) is 2.91. The highest BCUT2D eigenvalue weighted by atomic mass is 79.9. The Balaban J connectivity index is 2.37. The molecule has 1 aliphatic heterocycles. The van der Waals surface area contributed by atoms with Crippen LogP contribution >= 0.6 is 15.9 Å². The molecule has 0 bridgehead atoms. The van der Waals surface area contributed by atoms with Crippen molar-refractivity contribution in [3.63, 3.8) is 0 Å². The van der Waals surface area contributed by atoms with Crippen molar-refractivity contribution in [2.45, 2.75) is 12.6 Å². The van der Waals surface area contributed by atoms with E-state index in [-0.39, 0.29) is 23.1 Å². The van der Waals surface area contributed by atoms with Gasteiger partial charge in [-0.05, 0) is 24.6 Å². The van der Waals surface area contributed by atoms with Crippen LogP contribution in [0, 0.1) is 5.92 Å². The van der Waals surface area contributed by atoms with Gasteiger partial charge in [0.15, 0.2) is 0 Å². The van der Waals surface area contributed by atoms with Gasteiger partial charge in [-0.2, -0.15) is 13.2 Å². The number of amides is 1. The second-order valence-electron chi connectivity index (χ2n) is 4.37. The van der Waals surface area contributed by atoms with E-state index in [1.807, 2.05) is 0 Å². The largest absolute Gasteiger partial charge is 0.481 e. The summed E-state index contributed by atoms with van der Waals surface area (Å²) in [5, 5.41) is 8.85. The molecule has 1 aromatic rings. The molecule has 1 atom stereocenters. The molecule has 1 aliphatic rings. The molecule has 0 saturated carbocycles. The van der Waals surface area contributed by atoms with Crippen molar-refractivity contribution in [2.24, 2.45) is 5.92 Å². The Kier molecular flexibility index (Phi) is 3.77. The Morgan fingerprint density at radius 1 is 1.35 bits per heavy atom. The van der Waals surface area contributed by atoms with Crippen LogP contribution in [-0.2, 0) is 15.8 Å². The highest BCUT2D eigenvalue weighted by Gasteiger charge is 2.39. The van der Waals surface area contributed by atoms with E-state index in [2.05, 4.69) is 15.9 Å². The maximum absolute atomic E-state index is 12.7. The Morgan fingerprint density at radius 3 is 2.50 bits per heavy atom. The molecule has 0 radical (unpaired) electrons. The summed E-state index contributed by atoms with van der Waals surface area (Å²) >= 11 is 2.96. The lowest BCUT2D eigenvalue weighted by Gasteiger charge is -2.18. The molecule has 1 N–H and O–H groups in total. The van der Waals surface area contributed by atoms with Crippen LogP contribution in [0.3, 0.4) is 0 Å². The molecule has 4 nitrogen and oxygen atoms in total. The average molecular weight is 352 g/mol. The van der Waals surface area contributed by atoms with Gasteiger partial charge in [-0.1, -0.05) is 15.9 Å². The first kappa shape index (κ1) is 14.8. The van der Waals surface area contributed by atoms with Gasteiger partial charge < -0.3 is 10.0 Å². The second-order valence-corrected chi connectivity index (χ2v) is 5.28. The first-order valence-electron chi connectivity index (χ1n) is 5.62. The number of carbonyl (C=O) groups excluding carboxylic acids is 1. The molecular formula is C12H9BrF3NO3. The van der Waals surface area contributed by atoms with Gasteiger partial charge in [0.05, 0.1) is 5.56 Å². The molecule has 1 saturated heterocycles. The number of carboxylic acid groups (broad SMARTS) is 1. The summed E-state index contributed by atoms with van der Waals surface area (Å²) in [6.45, 7) is 0.0869. The summed E-state index contributed by atoms with van der Waals surface area (Å²) in [7, 11) is 0. The van der Waals surface area contributed by atoms with Gasteiger partial charge in [0.1, 0.15) is 5.92 Å². The first-order chi connectivity index (χ1) is 9.20. The number of anilines is 1. The molecule has 1 fully saturated rings. The Labute approximate surface area is 120 Å². The van der Waals surface area contributed by atoms with Crippen LogP contribution in [0.2, 0.25) is 0 Å². The molecule has 108 valence electrons. The summed E-state index contributed by atoms with van der Waals surface area (Å²) in [5.41, 5.74) is -0.853. The topological polar surface area (TPSA) is 57.6 Å². The van der Waals surface area contributed by atoms with Gasteiger partial charge >= 0.3 is 12.1 Å². The van der Waals surface area contributed by atoms with E-state index in [1.54, 1.807) is 0 Å². The number of halogens is 4. The van der Waals surface area contributed by atoms with Crippen molar-refractivity contribution in [2.75, 3.05) is 11.4 Å². The van der Waals surface area contributed by atoms with Crippen molar-refractivity contribution >= 4 is 33.5 Å². The van der Waals surface area contributed by atoms with Crippen LogP contribution in [0.1, 0.15) is 12.0 Å². The summed E-state index contributed by atoms with van der Waals surface area (Å²) in [5.74, 6) is -3.14. The maximum atomic E-state index is 12.7. The van der Waals surface area contributed by atoms with Gasteiger partial charge in [0, 0.05) is 16.7 Å². The molecular weight excluding hydrogens is 343 g/mol. The lowest BCUT2D eigenvalue weighted by molar-refractivity contribution is -0.145. The zero-order chi connectivity index (χ0) is 15.1. The van der Waals surface area contributed by atoms with E-state index in [0.717, 1.165) is 17.0 Å². The van der Waals surface area contributed by atoms with E-state index in [0.29, 0.717) is 0 Å². The number of hydrogen-bond acceptors (Lipinski definition) is 2. The van der Waals surface area contributed by atoms with Crippen LogP contribution in [0.4, 0.5) is 18.9 Å². The zero-order valence-electron chi connectivity index (χ0n) is 9.95. The number of rotatable bonds is 2. The molecule has 1 aromatic carbocycles. The van der Waals surface area contributed by atoms with Gasteiger partial charge in [-0.3, -0.25) is 9.59 Å². The third kappa shape index (κ3) is 2.79. The quantitative estimate of drug-likeness (QED) is 0.833. The summed E-state index contributed by atoms with van der Waals surface area (Å²) in [6, 6.07) is 3.10. The second kappa shape index (κ2) is 5.08. The van der Waals surface area contributed by atoms with Crippen molar-refractivity contribution in [3.05, 3.63) is 28.2 Å². The van der Waals surface area contributed by atoms with E-state index in [1.165, 1.54) is 6.07 Å². The predicted molar refractivity (Wildman–Crippen MR) is 67.2 cm³/mol. The van der Waals surface area contributed by atoms with Gasteiger partial charge in [-0.15, -0.1) is 0 Å². The van der Waals surface area contributed by atoms with E-state index in [4.69, 9.17) is 5.11 Å². The monoisotopic (exact) mass is 351 g/mol. The van der Waals surface area contributed by atoms with Crippen molar-refractivity contribution in [1.29, 1.82) is 0 Å². The third-order valence-electron chi connectivity index (χ3n) is 3.03. The van der Waals surface area contributed by atoms with Gasteiger partial charge in [0.25, 0.3) is 0 Å². The van der Waals surface area contributed by atoms with E-state index < -0.39 is 29.5 Å². The fourth-order valence-corrected chi connectivity index (χ4v) is 2.54. The number of nitrogens with zero attached hydrogens (tertiary/aromatic N) is 1. The summed E-state index contributed by atoms with van der Waals surface area (Å²) in [4.78, 5) is 23.8. The number of carbonyl (C=O) groups is 2. The molecule has 1 unspecified atom stereocenters. The number of alkyl halides is 3. The summed E-state index contributed by atoms with van der Waals surface area (Å²) in [6.07, 6.45) is -4.45. The maximum Gasteiger partial charge on any atom is 0.416 e. The fraction of sp³-hybridized carbons (Fsp3) is 0.333. The van der Waals surface area contributed by atoms with Crippen LogP contribution < -0.4 is 4.90 Å². The van der Waals surface area contributed by atoms with Gasteiger partial charge in [0.2, 0.25) is 5.91 Å². The van der Waals surface area contributed by atoms with Crippen molar-refractivity contribution in [1.82, 2.24) is 0 Å². The Morgan fingerprint density at radius 2 is 2.00 bits per heavy atom. The normalized spacial score (nSPS) is 19.5. The van der Waals surface area contributed by atoms with E-state index >= 15 is 0 Å². The van der Waals surface area contributed by atoms with Crippen molar-refractivity contribution < 1.29 is 27.9 Å². The molecule has 1 amide bonds. The number of aliphatic carboxylic acids is 1. The SMILES string of the molecule is O=C(O)C1CCN(c2cc(Br)cc(C(F)(F)F)c2)C1=O. The first-order valence-corrected chi connectivity index (χ1v) is 6.41. The zero-order valence-corrected chi connectivity index (χ0v) is 11.5. The van der Waals surface area contributed by atoms with Gasteiger partial charge in [-0.25, -0.2) is 0 Å². The third-order valence-corrected chi connectivity index (χ3v) is 3.48. The van der Waals surface area contributed by atoms with Crippen LogP contribution in [0.15, 0.2) is 22.7 Å². The minimum absolute atomic E-state index is 0.0421. The number of benzene rings is 1. The molecule has 2 rings (SSSR count). The molecule has 20 heavy (non-hydrogen) atoms. The minimum Gasteiger partial charge on any atom is -0.481 e. The molecule has 8 heteroatoms. The fourth-order valence-electron chi connectivity index (χ4n) is 2.06. The molecule has 0 aliphatic carbocycles. The number of hydrogen-bond donors (Lipinski definition) is 1. The van der Waals surface area contributed by atoms with Crippen LogP contribution in [-0.4, -0.2) is 23.5 Å². The Hall–Kier alpha value is -1.57. The van der Waals surface area contributed by atoms with Crippen LogP contribution in [0.25, 0.3) is 0 Å². The average Bonchev–Trinajstić information content (AvgIpc) is 2.69. The number of carboxylic acids is 1. The standard InChI is InChI=1S/C12H9BrF3NO3/c13-7-3-6(12(14,15)16)4-8(5-7)17-2-1-9(10(17)18)11(19)20/h3-5,9H,1-2H2,(H,19,20). The highest BCUT2D eigenvalue weighted by molar-refractivity contribution is 9.10. The Bertz CT molecular complexity index is 574. The highest BCUT2D eigenvalue weighted by Crippen LogP contribution is 2.36.